The average molecular weight is 378 g/mol. The maximum absolute atomic E-state index is 12.5. The van der Waals surface area contributed by atoms with Crippen molar-refractivity contribution in [2.45, 2.75) is 19.3 Å². The molecule has 3 N–H and O–H groups in total. The average Bonchev–Trinajstić information content (AvgIpc) is 3.15. The fourth-order valence-corrected chi connectivity index (χ4v) is 3.28. The van der Waals surface area contributed by atoms with Crippen molar-refractivity contribution in [3.63, 3.8) is 0 Å². The number of amides is 1. The number of nitrogens with zero attached hydrogens (tertiary/aromatic N) is 2. The molecule has 2 atom stereocenters. The van der Waals surface area contributed by atoms with Crippen LogP contribution < -0.4 is 10.7 Å². The SMILES string of the molecule is Cc1ccccc1C(CO)OCC1=CC(=O)N2NC(c3ccccc3)=NC2N1. The summed E-state index contributed by atoms with van der Waals surface area (Å²) in [4.78, 5) is 17.0. The number of aliphatic hydroxyl groups excluding tert-OH is 1. The van der Waals surface area contributed by atoms with Crippen LogP contribution in [0.15, 0.2) is 71.4 Å². The molecule has 144 valence electrons. The topological polar surface area (TPSA) is 86.2 Å². The number of fused-ring (bicyclic) bond motifs is 1. The summed E-state index contributed by atoms with van der Waals surface area (Å²) in [5.74, 6) is 0.434. The first-order chi connectivity index (χ1) is 13.7. The van der Waals surface area contributed by atoms with Gasteiger partial charge in [-0.15, -0.1) is 0 Å². The van der Waals surface area contributed by atoms with E-state index in [9.17, 15) is 9.90 Å². The van der Waals surface area contributed by atoms with Crippen LogP contribution in [0.1, 0.15) is 22.8 Å². The van der Waals surface area contributed by atoms with E-state index < -0.39 is 12.4 Å². The highest BCUT2D eigenvalue weighted by Crippen LogP contribution is 2.22. The van der Waals surface area contributed by atoms with Gasteiger partial charge in [-0.2, -0.15) is 0 Å². The van der Waals surface area contributed by atoms with Gasteiger partial charge in [0, 0.05) is 17.3 Å². The van der Waals surface area contributed by atoms with Crippen LogP contribution >= 0.6 is 0 Å². The Bertz CT molecular complexity index is 926. The van der Waals surface area contributed by atoms with Crippen molar-refractivity contribution < 1.29 is 14.6 Å². The van der Waals surface area contributed by atoms with Crippen LogP contribution in [0.2, 0.25) is 0 Å². The predicted molar refractivity (Wildman–Crippen MR) is 105 cm³/mol. The molecule has 1 amide bonds. The Morgan fingerprint density at radius 3 is 2.68 bits per heavy atom. The molecule has 2 aromatic carbocycles. The minimum absolute atomic E-state index is 0.139. The predicted octanol–water partition coefficient (Wildman–Crippen LogP) is 1.61. The molecule has 0 saturated heterocycles. The number of aliphatic imine (C=N–C) groups is 1. The highest BCUT2D eigenvalue weighted by atomic mass is 16.5. The van der Waals surface area contributed by atoms with Crippen molar-refractivity contribution in [2.75, 3.05) is 13.2 Å². The quantitative estimate of drug-likeness (QED) is 0.711. The summed E-state index contributed by atoms with van der Waals surface area (Å²) in [6.07, 6.45) is 0.499. The fourth-order valence-electron chi connectivity index (χ4n) is 3.28. The van der Waals surface area contributed by atoms with Gasteiger partial charge in [0.15, 0.2) is 5.84 Å². The second kappa shape index (κ2) is 7.84. The number of aliphatic hydroxyl groups is 1. The van der Waals surface area contributed by atoms with E-state index >= 15 is 0 Å². The van der Waals surface area contributed by atoms with Gasteiger partial charge >= 0.3 is 0 Å². The smallest absolute Gasteiger partial charge is 0.270 e. The summed E-state index contributed by atoms with van der Waals surface area (Å²) >= 11 is 0. The van der Waals surface area contributed by atoms with E-state index in [0.717, 1.165) is 16.7 Å². The molecule has 0 spiro atoms. The summed E-state index contributed by atoms with van der Waals surface area (Å²) in [7, 11) is 0. The highest BCUT2D eigenvalue weighted by molar-refractivity contribution is 6.02. The number of rotatable bonds is 6. The summed E-state index contributed by atoms with van der Waals surface area (Å²) in [6.45, 7) is 2.01. The molecule has 4 rings (SSSR count). The van der Waals surface area contributed by atoms with Gasteiger partial charge in [0.05, 0.1) is 13.2 Å². The van der Waals surface area contributed by atoms with Gasteiger partial charge in [-0.05, 0) is 18.1 Å². The van der Waals surface area contributed by atoms with Crippen LogP contribution in [-0.4, -0.2) is 41.4 Å². The molecule has 0 fully saturated rings. The van der Waals surface area contributed by atoms with E-state index in [-0.39, 0.29) is 19.1 Å². The zero-order chi connectivity index (χ0) is 19.5. The third kappa shape index (κ3) is 3.62. The van der Waals surface area contributed by atoms with Crippen molar-refractivity contribution in [1.82, 2.24) is 15.8 Å². The Labute approximate surface area is 163 Å². The number of amidine groups is 1. The van der Waals surface area contributed by atoms with Crippen molar-refractivity contribution in [1.29, 1.82) is 0 Å². The number of aryl methyl sites for hydroxylation is 1. The molecular weight excluding hydrogens is 356 g/mol. The first-order valence-electron chi connectivity index (χ1n) is 9.14. The minimum atomic E-state index is -0.530. The zero-order valence-corrected chi connectivity index (χ0v) is 15.5. The maximum atomic E-state index is 12.5. The molecule has 2 aromatic rings. The fraction of sp³-hybridized carbons (Fsp3) is 0.238. The van der Waals surface area contributed by atoms with Crippen molar-refractivity contribution in [3.8, 4) is 0 Å². The van der Waals surface area contributed by atoms with Gasteiger partial charge in [0.2, 0.25) is 6.29 Å². The van der Waals surface area contributed by atoms with E-state index in [1.807, 2.05) is 61.5 Å². The number of hydrogen-bond acceptors (Lipinski definition) is 6. The van der Waals surface area contributed by atoms with E-state index in [1.54, 1.807) is 0 Å². The van der Waals surface area contributed by atoms with Crippen molar-refractivity contribution in [3.05, 3.63) is 83.1 Å². The second-order valence-electron chi connectivity index (χ2n) is 6.69. The molecule has 0 radical (unpaired) electrons. The van der Waals surface area contributed by atoms with Crippen LogP contribution in [0.3, 0.4) is 0 Å². The number of ether oxygens (including phenoxy) is 1. The van der Waals surface area contributed by atoms with Crippen molar-refractivity contribution in [2.24, 2.45) is 4.99 Å². The Kier molecular flexibility index (Phi) is 5.10. The van der Waals surface area contributed by atoms with Gasteiger partial charge in [-0.1, -0.05) is 54.6 Å². The van der Waals surface area contributed by atoms with Crippen LogP contribution in [-0.2, 0) is 9.53 Å². The zero-order valence-electron chi connectivity index (χ0n) is 15.5. The lowest BCUT2D eigenvalue weighted by Gasteiger charge is -2.29. The lowest BCUT2D eigenvalue weighted by Crippen LogP contribution is -2.53. The molecule has 28 heavy (non-hydrogen) atoms. The third-order valence-electron chi connectivity index (χ3n) is 4.76. The largest absolute Gasteiger partial charge is 0.393 e. The van der Waals surface area contributed by atoms with E-state index in [1.165, 1.54) is 11.1 Å². The molecule has 0 saturated carbocycles. The van der Waals surface area contributed by atoms with Gasteiger partial charge in [0.25, 0.3) is 5.91 Å². The van der Waals surface area contributed by atoms with E-state index in [2.05, 4.69) is 15.7 Å². The third-order valence-corrected chi connectivity index (χ3v) is 4.76. The summed E-state index contributed by atoms with van der Waals surface area (Å²) in [6, 6.07) is 17.4. The lowest BCUT2D eigenvalue weighted by molar-refractivity contribution is -0.131. The summed E-state index contributed by atoms with van der Waals surface area (Å²) in [5.41, 5.74) is 6.54. The van der Waals surface area contributed by atoms with E-state index in [4.69, 9.17) is 4.74 Å². The molecule has 0 bridgehead atoms. The van der Waals surface area contributed by atoms with Gasteiger partial charge in [0.1, 0.15) is 6.10 Å². The standard InChI is InChI=1S/C21H22N4O3/c1-14-7-5-6-10-17(14)18(12-26)28-13-16-11-19(27)25-21(22-16)23-20(24-25)15-8-3-2-4-9-15/h2-11,18,21-22,26H,12-13H2,1H3,(H,23,24). The Hall–Kier alpha value is -3.16. The molecule has 0 aliphatic carbocycles. The maximum Gasteiger partial charge on any atom is 0.270 e. The Morgan fingerprint density at radius 1 is 1.18 bits per heavy atom. The molecule has 7 heteroatoms. The van der Waals surface area contributed by atoms with Crippen LogP contribution in [0.25, 0.3) is 0 Å². The molecule has 0 aromatic heterocycles. The first-order valence-corrected chi connectivity index (χ1v) is 9.14. The molecular formula is C21H22N4O3. The Balaban J connectivity index is 1.44. The van der Waals surface area contributed by atoms with E-state index in [0.29, 0.717) is 11.5 Å². The van der Waals surface area contributed by atoms with Gasteiger partial charge in [-0.25, -0.2) is 10.0 Å². The van der Waals surface area contributed by atoms with Gasteiger partial charge < -0.3 is 15.2 Å². The van der Waals surface area contributed by atoms with Crippen molar-refractivity contribution >= 4 is 11.7 Å². The van der Waals surface area contributed by atoms with Gasteiger partial charge in [-0.3, -0.25) is 10.2 Å². The summed E-state index contributed by atoms with van der Waals surface area (Å²) < 4.78 is 5.89. The highest BCUT2D eigenvalue weighted by Gasteiger charge is 2.34. The number of carbonyl (C=O) groups is 1. The first kappa shape index (κ1) is 18.2. The number of nitrogens with one attached hydrogen (secondary N) is 2. The summed E-state index contributed by atoms with van der Waals surface area (Å²) in [5, 5.41) is 14.4. The monoisotopic (exact) mass is 378 g/mol. The van der Waals surface area contributed by atoms with Crippen LogP contribution in [0.4, 0.5) is 0 Å². The number of hydrazine groups is 1. The second-order valence-corrected chi connectivity index (χ2v) is 6.69. The normalized spacial score (nSPS) is 19.3. The van der Waals surface area contributed by atoms with Crippen LogP contribution in [0, 0.1) is 6.92 Å². The Morgan fingerprint density at radius 2 is 1.93 bits per heavy atom. The molecule has 2 aliphatic rings. The molecule has 2 aliphatic heterocycles. The van der Waals surface area contributed by atoms with Crippen LogP contribution in [0.5, 0.6) is 0 Å². The number of hydrogen-bond donors (Lipinski definition) is 3. The minimum Gasteiger partial charge on any atom is -0.393 e. The molecule has 2 heterocycles. The number of carbonyl (C=O) groups excluding carboxylic acids is 1. The molecule has 2 unspecified atom stereocenters. The number of benzene rings is 2. The molecule has 7 nitrogen and oxygen atoms in total. The lowest BCUT2D eigenvalue weighted by atomic mass is 10.0.